The molecule has 0 saturated heterocycles. The van der Waals surface area contributed by atoms with E-state index >= 15 is 0 Å². The quantitative estimate of drug-likeness (QED) is 0.699. The summed E-state index contributed by atoms with van der Waals surface area (Å²) in [4.78, 5) is 10.8. The van der Waals surface area contributed by atoms with Gasteiger partial charge in [0, 0.05) is 0 Å². The normalized spacial score (nSPS) is 24.1. The van der Waals surface area contributed by atoms with Gasteiger partial charge in [0.15, 0.2) is 0 Å². The van der Waals surface area contributed by atoms with Crippen LogP contribution in [0.25, 0.3) is 0 Å². The summed E-state index contributed by atoms with van der Waals surface area (Å²) in [6.07, 6.45) is 2.86. The molecule has 0 bridgehead atoms. The fourth-order valence-electron chi connectivity index (χ4n) is 1.93. The number of carboxylic acids is 1. The number of nitrogens with two attached hydrogens (primary N) is 1. The largest absolute Gasteiger partial charge is 0.480 e. The predicted molar refractivity (Wildman–Crippen MR) is 51.4 cm³/mol. The average Bonchev–Trinajstić information content (AvgIpc) is 2.67. The molecule has 0 aliphatic heterocycles. The van der Waals surface area contributed by atoms with E-state index in [1.165, 1.54) is 0 Å². The van der Waals surface area contributed by atoms with Gasteiger partial charge in [0.25, 0.3) is 0 Å². The first kappa shape index (κ1) is 10.5. The van der Waals surface area contributed by atoms with E-state index in [0.29, 0.717) is 12.3 Å². The molecular weight excluding hydrogens is 166 g/mol. The molecule has 0 aromatic carbocycles. The van der Waals surface area contributed by atoms with Crippen LogP contribution in [-0.4, -0.2) is 16.6 Å². The molecule has 1 atom stereocenters. The van der Waals surface area contributed by atoms with Gasteiger partial charge >= 0.3 is 5.97 Å². The van der Waals surface area contributed by atoms with E-state index in [4.69, 9.17) is 10.8 Å². The molecular formula is C10H19NO2. The molecule has 0 spiro atoms. The number of rotatable bonds is 4. The molecule has 3 nitrogen and oxygen atoms in total. The molecule has 1 aliphatic rings. The monoisotopic (exact) mass is 185 g/mol. The molecule has 1 saturated carbocycles. The van der Waals surface area contributed by atoms with Crippen LogP contribution >= 0.6 is 0 Å². The lowest BCUT2D eigenvalue weighted by atomic mass is 9.80. The van der Waals surface area contributed by atoms with Crippen LogP contribution in [0.3, 0.4) is 0 Å². The molecule has 76 valence electrons. The lowest BCUT2D eigenvalue weighted by Gasteiger charge is -2.28. The minimum Gasteiger partial charge on any atom is -0.480 e. The van der Waals surface area contributed by atoms with Crippen LogP contribution in [0.4, 0.5) is 0 Å². The van der Waals surface area contributed by atoms with Crippen molar-refractivity contribution in [1.82, 2.24) is 0 Å². The maximum absolute atomic E-state index is 10.8. The zero-order valence-corrected chi connectivity index (χ0v) is 8.63. The lowest BCUT2D eigenvalue weighted by molar-refractivity contribution is -0.143. The molecule has 0 heterocycles. The third-order valence-electron chi connectivity index (χ3n) is 3.32. The Labute approximate surface area is 79.3 Å². The highest BCUT2D eigenvalue weighted by molar-refractivity contribution is 5.78. The summed E-state index contributed by atoms with van der Waals surface area (Å²) in [7, 11) is 0. The minimum atomic E-state index is -1.05. The highest BCUT2D eigenvalue weighted by Crippen LogP contribution is 2.56. The van der Waals surface area contributed by atoms with Gasteiger partial charge in [0.1, 0.15) is 5.54 Å². The van der Waals surface area contributed by atoms with Crippen molar-refractivity contribution < 1.29 is 9.90 Å². The molecule has 0 aromatic heterocycles. The summed E-state index contributed by atoms with van der Waals surface area (Å²) in [5.41, 5.74) is 4.88. The Morgan fingerprint density at radius 2 is 2.08 bits per heavy atom. The molecule has 1 unspecified atom stereocenters. The van der Waals surface area contributed by atoms with Crippen LogP contribution in [0, 0.1) is 11.3 Å². The van der Waals surface area contributed by atoms with Gasteiger partial charge in [0.05, 0.1) is 0 Å². The summed E-state index contributed by atoms with van der Waals surface area (Å²) in [5, 5.41) is 8.89. The second-order valence-corrected chi connectivity index (χ2v) is 4.92. The fourth-order valence-corrected chi connectivity index (χ4v) is 1.93. The van der Waals surface area contributed by atoms with Crippen molar-refractivity contribution in [2.75, 3.05) is 0 Å². The first-order valence-corrected chi connectivity index (χ1v) is 4.82. The molecule has 0 radical (unpaired) electrons. The predicted octanol–water partition coefficient (Wildman–Crippen LogP) is 1.61. The van der Waals surface area contributed by atoms with Gasteiger partial charge in [-0.25, -0.2) is 0 Å². The van der Waals surface area contributed by atoms with Crippen molar-refractivity contribution in [2.45, 2.75) is 45.6 Å². The Morgan fingerprint density at radius 3 is 2.31 bits per heavy atom. The van der Waals surface area contributed by atoms with E-state index in [0.717, 1.165) is 12.8 Å². The zero-order chi connectivity index (χ0) is 10.3. The second-order valence-electron chi connectivity index (χ2n) is 4.92. The standard InChI is InChI=1S/C10H19NO2/c1-7(2)10(4-5-10)6-9(3,11)8(12)13/h7H,4-6,11H2,1-3H3,(H,12,13). The number of carbonyl (C=O) groups is 1. The van der Waals surface area contributed by atoms with E-state index in [1.807, 2.05) is 0 Å². The van der Waals surface area contributed by atoms with Gasteiger partial charge in [-0.3, -0.25) is 4.79 Å². The van der Waals surface area contributed by atoms with Crippen molar-refractivity contribution >= 4 is 5.97 Å². The Bertz CT molecular complexity index is 217. The van der Waals surface area contributed by atoms with Crippen molar-refractivity contribution in [2.24, 2.45) is 17.1 Å². The maximum atomic E-state index is 10.8. The van der Waals surface area contributed by atoms with E-state index in [2.05, 4.69) is 13.8 Å². The maximum Gasteiger partial charge on any atom is 0.323 e. The van der Waals surface area contributed by atoms with Gasteiger partial charge in [-0.05, 0) is 37.5 Å². The van der Waals surface area contributed by atoms with Crippen LogP contribution in [-0.2, 0) is 4.79 Å². The van der Waals surface area contributed by atoms with E-state index in [1.54, 1.807) is 6.92 Å². The highest BCUT2D eigenvalue weighted by atomic mass is 16.4. The van der Waals surface area contributed by atoms with E-state index in [9.17, 15) is 4.79 Å². The Hall–Kier alpha value is -0.570. The van der Waals surface area contributed by atoms with Crippen LogP contribution in [0.5, 0.6) is 0 Å². The zero-order valence-electron chi connectivity index (χ0n) is 8.63. The molecule has 3 N–H and O–H groups in total. The molecule has 1 aliphatic carbocycles. The second kappa shape index (κ2) is 2.98. The molecule has 0 amide bonds. The van der Waals surface area contributed by atoms with Crippen LogP contribution < -0.4 is 5.73 Å². The molecule has 1 rings (SSSR count). The fraction of sp³-hybridized carbons (Fsp3) is 0.900. The van der Waals surface area contributed by atoms with Gasteiger partial charge < -0.3 is 10.8 Å². The number of hydrogen-bond donors (Lipinski definition) is 2. The molecule has 13 heavy (non-hydrogen) atoms. The average molecular weight is 185 g/mol. The SMILES string of the molecule is CC(C)C1(CC(C)(N)C(=O)O)CC1. The Kier molecular flexibility index (Phi) is 2.41. The van der Waals surface area contributed by atoms with Gasteiger partial charge in [-0.1, -0.05) is 13.8 Å². The van der Waals surface area contributed by atoms with Crippen molar-refractivity contribution in [3.05, 3.63) is 0 Å². The van der Waals surface area contributed by atoms with E-state index < -0.39 is 11.5 Å². The molecule has 1 fully saturated rings. The van der Waals surface area contributed by atoms with Crippen LogP contribution in [0.1, 0.15) is 40.0 Å². The van der Waals surface area contributed by atoms with Gasteiger partial charge in [0.2, 0.25) is 0 Å². The van der Waals surface area contributed by atoms with Gasteiger partial charge in [-0.2, -0.15) is 0 Å². The summed E-state index contributed by atoms with van der Waals surface area (Å²) < 4.78 is 0. The number of carboxylic acid groups (broad SMARTS) is 1. The summed E-state index contributed by atoms with van der Waals surface area (Å²) in [5.74, 6) is -0.353. The van der Waals surface area contributed by atoms with Gasteiger partial charge in [-0.15, -0.1) is 0 Å². The third kappa shape index (κ3) is 2.02. The van der Waals surface area contributed by atoms with E-state index in [-0.39, 0.29) is 5.41 Å². The highest BCUT2D eigenvalue weighted by Gasteiger charge is 2.50. The smallest absolute Gasteiger partial charge is 0.323 e. The molecule has 0 aromatic rings. The molecule has 3 heteroatoms. The number of hydrogen-bond acceptors (Lipinski definition) is 2. The summed E-state index contributed by atoms with van der Waals surface area (Å²) in [6.45, 7) is 5.90. The first-order valence-electron chi connectivity index (χ1n) is 4.82. The first-order chi connectivity index (χ1) is 5.80. The van der Waals surface area contributed by atoms with Crippen molar-refractivity contribution in [3.63, 3.8) is 0 Å². The van der Waals surface area contributed by atoms with Crippen molar-refractivity contribution in [3.8, 4) is 0 Å². The Morgan fingerprint density at radius 1 is 1.62 bits per heavy atom. The lowest BCUT2D eigenvalue weighted by Crippen LogP contribution is -2.47. The van der Waals surface area contributed by atoms with Crippen LogP contribution in [0.2, 0.25) is 0 Å². The van der Waals surface area contributed by atoms with Crippen LogP contribution in [0.15, 0.2) is 0 Å². The summed E-state index contributed by atoms with van der Waals surface area (Å²) in [6, 6.07) is 0. The summed E-state index contributed by atoms with van der Waals surface area (Å²) >= 11 is 0. The topological polar surface area (TPSA) is 63.3 Å². The third-order valence-corrected chi connectivity index (χ3v) is 3.32. The van der Waals surface area contributed by atoms with Crippen molar-refractivity contribution in [1.29, 1.82) is 0 Å². The number of aliphatic carboxylic acids is 1. The Balaban J connectivity index is 2.63. The minimum absolute atomic E-state index is 0.210.